The zero-order valence-electron chi connectivity index (χ0n) is 47.8. The Bertz CT molecular complexity index is 1710. The number of hydrogen-bond donors (Lipinski definition) is 3. The average molecular weight is 1050 g/mol. The summed E-state index contributed by atoms with van der Waals surface area (Å²) in [4.78, 5) is 23.2. The molecule has 0 aromatic heterocycles. The lowest BCUT2D eigenvalue weighted by molar-refractivity contribution is -0.870. The zero-order chi connectivity index (χ0) is 54.2. The molecule has 0 radical (unpaired) electrons. The van der Waals surface area contributed by atoms with Gasteiger partial charge in [-0.15, -0.1) is 0 Å². The quantitative estimate of drug-likeness (QED) is 0.0243. The van der Waals surface area contributed by atoms with Crippen LogP contribution in [0.3, 0.4) is 0 Å². The predicted molar refractivity (Wildman–Crippen MR) is 322 cm³/mol. The maximum absolute atomic E-state index is 12.9. The van der Waals surface area contributed by atoms with Crippen molar-refractivity contribution in [3.63, 3.8) is 0 Å². The van der Waals surface area contributed by atoms with Crippen molar-refractivity contribution in [1.82, 2.24) is 5.32 Å². The summed E-state index contributed by atoms with van der Waals surface area (Å²) in [7, 11) is 1.57. The van der Waals surface area contributed by atoms with E-state index in [2.05, 4.69) is 165 Å². The van der Waals surface area contributed by atoms with Gasteiger partial charge in [0.05, 0.1) is 39.9 Å². The molecule has 0 saturated carbocycles. The molecule has 0 rings (SSSR count). The highest BCUT2D eigenvalue weighted by Gasteiger charge is 2.28. The number of aliphatic hydroxyl groups excluding tert-OH is 1. The van der Waals surface area contributed by atoms with E-state index in [0.29, 0.717) is 23.9 Å². The molecule has 420 valence electrons. The molecule has 0 bridgehead atoms. The molecule has 3 N–H and O–H groups in total. The summed E-state index contributed by atoms with van der Waals surface area (Å²) in [5, 5.41) is 14.0. The number of unbranched alkanes of at least 4 members (excludes halogenated alkanes) is 14. The van der Waals surface area contributed by atoms with Crippen molar-refractivity contribution in [3.8, 4) is 0 Å². The van der Waals surface area contributed by atoms with Gasteiger partial charge in [-0.25, -0.2) is 4.57 Å². The van der Waals surface area contributed by atoms with Crippen LogP contribution in [0.15, 0.2) is 146 Å². The van der Waals surface area contributed by atoms with Crippen LogP contribution in [0.5, 0.6) is 0 Å². The third kappa shape index (κ3) is 56.1. The molecule has 9 heteroatoms. The fourth-order valence-electron chi connectivity index (χ4n) is 7.56. The summed E-state index contributed by atoms with van der Waals surface area (Å²) in [6, 6.07) is -0.783. The first-order valence-electron chi connectivity index (χ1n) is 29.2. The summed E-state index contributed by atoms with van der Waals surface area (Å²) < 4.78 is 23.7. The van der Waals surface area contributed by atoms with Gasteiger partial charge < -0.3 is 19.8 Å². The Balaban J connectivity index is 4.14. The van der Waals surface area contributed by atoms with Gasteiger partial charge in [-0.05, 0) is 103 Å². The lowest BCUT2D eigenvalue weighted by atomic mass is 10.0. The van der Waals surface area contributed by atoms with Crippen LogP contribution >= 0.6 is 7.82 Å². The number of carbonyl (C=O) groups is 1. The Kier molecular flexibility index (Phi) is 51.5. The van der Waals surface area contributed by atoms with Crippen molar-refractivity contribution in [3.05, 3.63) is 146 Å². The highest BCUT2D eigenvalue weighted by Crippen LogP contribution is 2.43. The highest BCUT2D eigenvalue weighted by molar-refractivity contribution is 7.47. The molecule has 0 saturated heterocycles. The monoisotopic (exact) mass is 1050 g/mol. The van der Waals surface area contributed by atoms with Crippen LogP contribution in [0.4, 0.5) is 0 Å². The lowest BCUT2D eigenvalue weighted by Crippen LogP contribution is -2.46. The molecule has 0 spiro atoms. The lowest BCUT2D eigenvalue weighted by Gasteiger charge is -2.26. The number of carbonyl (C=O) groups excluding carboxylic acids is 1. The zero-order valence-corrected chi connectivity index (χ0v) is 48.7. The Labute approximate surface area is 455 Å². The number of amides is 1. The molecule has 1 amide bonds. The molecule has 0 fully saturated rings. The van der Waals surface area contributed by atoms with E-state index in [4.69, 9.17) is 9.05 Å². The Morgan fingerprint density at radius 1 is 0.473 bits per heavy atom. The molecule has 0 aliphatic carbocycles. The third-order valence-corrected chi connectivity index (χ3v) is 13.1. The van der Waals surface area contributed by atoms with Crippen LogP contribution in [-0.4, -0.2) is 73.4 Å². The minimum atomic E-state index is -4.33. The summed E-state index contributed by atoms with van der Waals surface area (Å²) >= 11 is 0. The second-order valence-corrected chi connectivity index (χ2v) is 21.7. The second-order valence-electron chi connectivity index (χ2n) is 20.3. The van der Waals surface area contributed by atoms with E-state index in [1.165, 1.54) is 51.4 Å². The van der Waals surface area contributed by atoms with Gasteiger partial charge in [-0.1, -0.05) is 243 Å². The number of aliphatic hydroxyl groups is 1. The van der Waals surface area contributed by atoms with E-state index in [0.717, 1.165) is 128 Å². The van der Waals surface area contributed by atoms with Crippen molar-refractivity contribution in [2.75, 3.05) is 40.9 Å². The van der Waals surface area contributed by atoms with Crippen molar-refractivity contribution < 1.29 is 32.9 Å². The summed E-state index contributed by atoms with van der Waals surface area (Å²) in [6.45, 7) is 4.72. The van der Waals surface area contributed by atoms with Crippen LogP contribution in [0.2, 0.25) is 0 Å². The van der Waals surface area contributed by atoms with Gasteiger partial charge in [0, 0.05) is 6.42 Å². The normalized spacial score (nSPS) is 15.0. The van der Waals surface area contributed by atoms with E-state index in [1.54, 1.807) is 0 Å². The topological polar surface area (TPSA) is 105 Å². The predicted octanol–water partition coefficient (Wildman–Crippen LogP) is 18.1. The van der Waals surface area contributed by atoms with E-state index < -0.39 is 20.0 Å². The number of rotatable bonds is 51. The van der Waals surface area contributed by atoms with Crippen LogP contribution in [0.25, 0.3) is 0 Å². The van der Waals surface area contributed by atoms with E-state index in [-0.39, 0.29) is 19.1 Å². The smallest absolute Gasteiger partial charge is 0.391 e. The molecule has 0 aliphatic rings. The van der Waals surface area contributed by atoms with Crippen molar-refractivity contribution >= 4 is 13.7 Å². The molecular formula is C65H110N2O6P+. The van der Waals surface area contributed by atoms with Gasteiger partial charge in [0.15, 0.2) is 0 Å². The van der Waals surface area contributed by atoms with Crippen LogP contribution in [0.1, 0.15) is 206 Å². The largest absolute Gasteiger partial charge is 0.472 e. The van der Waals surface area contributed by atoms with Gasteiger partial charge in [-0.3, -0.25) is 13.8 Å². The maximum atomic E-state index is 12.9. The SMILES string of the molecule is CC/C=C\C/C=C\C/C=C\C/C=C\C/C=C\C/C=C\C/C=C\C/C=C\C/C=C\C/C=C\C/C=C\C/C=C\CCCCCCC(=O)NC(COP(=O)(O)OCC[N+](C)(C)C)C(O)CCCCCCCCCCCCC. The first-order valence-corrected chi connectivity index (χ1v) is 30.7. The fraction of sp³-hybridized carbons (Fsp3) is 0.615. The number of allylic oxidation sites excluding steroid dienone is 24. The maximum Gasteiger partial charge on any atom is 0.472 e. The average Bonchev–Trinajstić information content (AvgIpc) is 3.36. The van der Waals surface area contributed by atoms with Gasteiger partial charge >= 0.3 is 7.82 Å². The first-order chi connectivity index (χ1) is 36.0. The number of hydrogen-bond acceptors (Lipinski definition) is 5. The van der Waals surface area contributed by atoms with Crippen molar-refractivity contribution in [1.29, 1.82) is 0 Å². The number of phosphoric acid groups is 1. The second kappa shape index (κ2) is 54.2. The summed E-state index contributed by atoms with van der Waals surface area (Å²) in [5.74, 6) is -0.176. The van der Waals surface area contributed by atoms with E-state index in [1.807, 2.05) is 21.1 Å². The molecule has 3 atom stereocenters. The van der Waals surface area contributed by atoms with Gasteiger partial charge in [0.2, 0.25) is 5.91 Å². The number of quaternary nitrogens is 1. The van der Waals surface area contributed by atoms with Crippen LogP contribution < -0.4 is 5.32 Å². The minimum Gasteiger partial charge on any atom is -0.391 e. The standard InChI is InChI=1S/C65H109N2O6P/c1-6-8-10-12-14-16-18-19-20-21-22-23-24-25-26-27-28-29-30-31-32-33-34-35-36-37-38-39-40-41-42-43-44-45-46-47-49-51-53-55-57-59-65(69)66-63(62-73-74(70,71)72-61-60-67(3,4)5)64(68)58-56-54-52-50-48-17-15-13-11-9-7-2/h8,10,14,16,19-20,22-23,25-26,28-29,31-32,34-35,37-38,40-41,43-44,46-47,63-64,68H,6-7,9,11-13,15,17-18,21,24,27,30,33,36,39,42,45,48-62H2,1-5H3,(H-,66,69,70,71)/p+1/b10-8-,16-14-,20-19-,23-22-,26-25-,29-28-,32-31-,35-34-,38-37-,41-40-,44-43-,47-46-. The van der Waals surface area contributed by atoms with Gasteiger partial charge in [-0.2, -0.15) is 0 Å². The third-order valence-electron chi connectivity index (χ3n) is 12.1. The number of nitrogens with zero attached hydrogens (tertiary/aromatic N) is 1. The molecule has 3 unspecified atom stereocenters. The molecule has 0 aromatic carbocycles. The number of phosphoric ester groups is 1. The van der Waals surface area contributed by atoms with Gasteiger partial charge in [0.25, 0.3) is 0 Å². The molecule has 0 aromatic rings. The first kappa shape index (κ1) is 70.4. The fourth-order valence-corrected chi connectivity index (χ4v) is 8.29. The van der Waals surface area contributed by atoms with Crippen LogP contribution in [-0.2, 0) is 18.4 Å². The molecule has 0 aliphatic heterocycles. The molecule has 74 heavy (non-hydrogen) atoms. The molecule has 8 nitrogen and oxygen atoms in total. The number of nitrogens with one attached hydrogen (secondary N) is 1. The van der Waals surface area contributed by atoms with E-state index in [9.17, 15) is 19.4 Å². The molecule has 0 heterocycles. The van der Waals surface area contributed by atoms with Crippen molar-refractivity contribution in [2.45, 2.75) is 219 Å². The summed E-state index contributed by atoms with van der Waals surface area (Å²) in [5.41, 5.74) is 0. The Morgan fingerprint density at radius 2 is 0.811 bits per heavy atom. The Hall–Kier alpha value is -3.62. The van der Waals surface area contributed by atoms with Gasteiger partial charge in [0.1, 0.15) is 13.2 Å². The number of likely N-dealkylation sites (N-methyl/N-ethyl adjacent to an activating group) is 1. The van der Waals surface area contributed by atoms with Crippen molar-refractivity contribution in [2.24, 2.45) is 0 Å². The summed E-state index contributed by atoms with van der Waals surface area (Å²) in [6.07, 6.45) is 83.4. The van der Waals surface area contributed by atoms with Crippen LogP contribution in [0, 0.1) is 0 Å². The Morgan fingerprint density at radius 3 is 1.19 bits per heavy atom. The highest BCUT2D eigenvalue weighted by atomic mass is 31.2. The minimum absolute atomic E-state index is 0.0617. The van der Waals surface area contributed by atoms with E-state index >= 15 is 0 Å². The molecular weight excluding hydrogens is 936 g/mol.